The van der Waals surface area contributed by atoms with Gasteiger partial charge in [-0.25, -0.2) is 19.6 Å². The molecule has 0 atom stereocenters. The molecule has 0 saturated carbocycles. The number of hydrogen-bond acceptors (Lipinski definition) is 10. The molecule has 4 rings (SSSR count). The summed E-state index contributed by atoms with van der Waals surface area (Å²) >= 11 is 12.4. The number of hydrogen-bond donors (Lipinski definition) is 1. The van der Waals surface area contributed by atoms with Crippen LogP contribution in [0.25, 0.3) is 0 Å². The summed E-state index contributed by atoms with van der Waals surface area (Å²) in [6.07, 6.45) is 0. The van der Waals surface area contributed by atoms with Gasteiger partial charge in [0, 0.05) is 10.8 Å². The van der Waals surface area contributed by atoms with Gasteiger partial charge in [-0.2, -0.15) is 10.5 Å². The van der Waals surface area contributed by atoms with Crippen molar-refractivity contribution in [3.05, 3.63) is 108 Å². The highest BCUT2D eigenvalue weighted by molar-refractivity contribution is 6.34. The number of esters is 2. The highest BCUT2D eigenvalue weighted by Gasteiger charge is 2.30. The van der Waals surface area contributed by atoms with Gasteiger partial charge in [0.15, 0.2) is 6.61 Å². The van der Waals surface area contributed by atoms with Gasteiger partial charge in [0.25, 0.3) is 0 Å². The fourth-order valence-electron chi connectivity index (χ4n) is 5.64. The third-order valence-electron chi connectivity index (χ3n) is 9.04. The Bertz CT molecular complexity index is 2280. The zero-order valence-corrected chi connectivity index (χ0v) is 37.5. The molecule has 2 heterocycles. The predicted octanol–water partition coefficient (Wildman–Crippen LogP) is 10.7. The minimum atomic E-state index is -0.752. The van der Waals surface area contributed by atoms with Crippen molar-refractivity contribution in [3.63, 3.8) is 0 Å². The number of nitrogens with zero attached hydrogens (tertiary/aromatic N) is 4. The molecule has 2 aromatic heterocycles. The van der Waals surface area contributed by atoms with E-state index in [1.807, 2.05) is 108 Å². The van der Waals surface area contributed by atoms with Crippen molar-refractivity contribution in [3.8, 4) is 29.6 Å². The molecule has 308 valence electrons. The molecule has 58 heavy (non-hydrogen) atoms. The van der Waals surface area contributed by atoms with Gasteiger partial charge >= 0.3 is 11.9 Å². The molecule has 0 spiro atoms. The van der Waals surface area contributed by atoms with Crippen LogP contribution in [0.1, 0.15) is 144 Å². The fraction of sp³-hybridized carbons (Fsp3) is 0.435. The molecule has 2 aromatic carbocycles. The smallest absolute Gasteiger partial charge is 0.350 e. The summed E-state index contributed by atoms with van der Waals surface area (Å²) < 4.78 is 16.5. The average molecular weight is 830 g/mol. The Kier molecular flexibility index (Phi) is 14.9. The first kappa shape index (κ1) is 47.4. The summed E-state index contributed by atoms with van der Waals surface area (Å²) in [5, 5.41) is 29.8. The molecular weight excluding hydrogens is 775 g/mol. The Morgan fingerprint density at radius 1 is 0.690 bits per heavy atom. The summed E-state index contributed by atoms with van der Waals surface area (Å²) in [4.78, 5) is 34.4. The first-order chi connectivity index (χ1) is 26.6. The molecule has 1 N–H and O–H groups in total. The fourth-order valence-corrected chi connectivity index (χ4v) is 6.19. The number of nitriles is 2. The average Bonchev–Trinajstić information content (AvgIpc) is 3.10. The van der Waals surface area contributed by atoms with Crippen molar-refractivity contribution in [2.24, 2.45) is 0 Å². The van der Waals surface area contributed by atoms with E-state index in [9.17, 15) is 25.2 Å². The van der Waals surface area contributed by atoms with E-state index in [1.54, 1.807) is 31.2 Å². The van der Waals surface area contributed by atoms with Gasteiger partial charge in [0.2, 0.25) is 11.8 Å². The van der Waals surface area contributed by atoms with Crippen molar-refractivity contribution >= 4 is 35.1 Å². The molecular formula is C46H54Cl2N4O6. The number of carbonyl (C=O) groups is 2. The van der Waals surface area contributed by atoms with Crippen LogP contribution in [0.4, 0.5) is 0 Å². The number of rotatable bonds is 7. The zero-order valence-electron chi connectivity index (χ0n) is 36.0. The molecule has 0 aliphatic heterocycles. The second-order valence-corrected chi connectivity index (χ2v) is 19.0. The number of aryl methyl sites for hydroxylation is 2. The minimum absolute atomic E-state index is 0.00783. The van der Waals surface area contributed by atoms with Crippen LogP contribution in [0, 0.1) is 36.5 Å². The predicted molar refractivity (Wildman–Crippen MR) is 227 cm³/mol. The number of aromatic nitrogens is 2. The van der Waals surface area contributed by atoms with Gasteiger partial charge in [-0.3, -0.25) is 0 Å². The van der Waals surface area contributed by atoms with Crippen LogP contribution in [-0.2, 0) is 33.1 Å². The summed E-state index contributed by atoms with van der Waals surface area (Å²) in [6.45, 7) is 27.0. The molecule has 4 aromatic rings. The second-order valence-electron chi connectivity index (χ2n) is 18.2. The lowest BCUT2D eigenvalue weighted by Gasteiger charge is -2.26. The van der Waals surface area contributed by atoms with E-state index in [-0.39, 0.29) is 68.3 Å². The summed E-state index contributed by atoms with van der Waals surface area (Å²) in [7, 11) is 0. The van der Waals surface area contributed by atoms with Gasteiger partial charge < -0.3 is 19.3 Å². The maximum Gasteiger partial charge on any atom is 0.350 e. The Labute approximate surface area is 353 Å². The van der Waals surface area contributed by atoms with E-state index >= 15 is 0 Å². The van der Waals surface area contributed by atoms with Gasteiger partial charge in [-0.05, 0) is 82.8 Å². The van der Waals surface area contributed by atoms with Gasteiger partial charge in [-0.1, -0.05) is 118 Å². The Morgan fingerprint density at radius 3 is 1.59 bits per heavy atom. The van der Waals surface area contributed by atoms with E-state index in [2.05, 4.69) is 22.1 Å². The monoisotopic (exact) mass is 828 g/mol. The minimum Gasteiger partial charge on any atom is -0.480 e. The van der Waals surface area contributed by atoms with Gasteiger partial charge in [0.05, 0.1) is 33.6 Å². The largest absolute Gasteiger partial charge is 0.480 e. The van der Waals surface area contributed by atoms with Crippen molar-refractivity contribution < 1.29 is 28.9 Å². The number of carbonyl (C=O) groups excluding carboxylic acids is 2. The molecule has 0 fully saturated rings. The number of aliphatic hydroxyl groups excluding tert-OH is 1. The Hall–Kier alpha value is -5.00. The maximum absolute atomic E-state index is 13.0. The normalized spacial score (nSPS) is 11.8. The number of benzene rings is 2. The molecule has 10 nitrogen and oxygen atoms in total. The standard InChI is InChI=1S/2C23H27ClN2O3/c1-14-8-9-18(17(24)10-14)28-13-20(27)29-21-15(12-25)16(22(2,3)4)11-19(26-21)23(5,6)7;1-13-8-9-17(24)19(15(13)12-27)21(28)29-20-14(11-25)16(22(2,3)4)10-18(26-20)23(5,6)7/h8-11H,13H2,1-7H3;8-10,27H,12H2,1-7H3. The SMILES string of the molecule is Cc1ccc(Cl)c(C(=O)Oc2nc(C(C)(C)C)cc(C(C)(C)C)c2C#N)c1CO.Cc1ccc(OCC(=O)Oc2nc(C(C)(C)C)cc(C(C)(C)C)c2C#N)c(Cl)c1. The first-order valence-corrected chi connectivity index (χ1v) is 19.5. The Morgan fingerprint density at radius 2 is 1.17 bits per heavy atom. The van der Waals surface area contributed by atoms with Crippen LogP contribution in [0.5, 0.6) is 17.5 Å². The lowest BCUT2D eigenvalue weighted by molar-refractivity contribution is -0.136. The third kappa shape index (κ3) is 11.8. The number of aliphatic hydroxyl groups is 1. The van der Waals surface area contributed by atoms with E-state index in [0.29, 0.717) is 22.0 Å². The highest BCUT2D eigenvalue weighted by Crippen LogP contribution is 2.37. The van der Waals surface area contributed by atoms with Crippen LogP contribution in [-0.4, -0.2) is 33.6 Å². The molecule has 0 saturated heterocycles. The summed E-state index contributed by atoms with van der Waals surface area (Å²) in [5.74, 6) is -1.06. The van der Waals surface area contributed by atoms with Crippen molar-refractivity contribution in [2.75, 3.05) is 6.61 Å². The number of ether oxygens (including phenoxy) is 3. The summed E-state index contributed by atoms with van der Waals surface area (Å²) in [6, 6.07) is 16.7. The van der Waals surface area contributed by atoms with E-state index < -0.39 is 11.9 Å². The van der Waals surface area contributed by atoms with Crippen LogP contribution >= 0.6 is 23.2 Å². The number of pyridine rings is 2. The maximum atomic E-state index is 13.0. The Balaban J connectivity index is 0.000000310. The molecule has 0 aliphatic carbocycles. The van der Waals surface area contributed by atoms with E-state index in [0.717, 1.165) is 27.9 Å². The summed E-state index contributed by atoms with van der Waals surface area (Å²) in [5.41, 5.74) is 4.38. The third-order valence-corrected chi connectivity index (χ3v) is 9.65. The first-order valence-electron chi connectivity index (χ1n) is 18.8. The molecule has 12 heteroatoms. The lowest BCUT2D eigenvalue weighted by atomic mass is 9.81. The molecule has 0 unspecified atom stereocenters. The van der Waals surface area contributed by atoms with Gasteiger partial charge in [0.1, 0.15) is 29.0 Å². The van der Waals surface area contributed by atoms with Crippen LogP contribution in [0.3, 0.4) is 0 Å². The van der Waals surface area contributed by atoms with Gasteiger partial charge in [-0.15, -0.1) is 0 Å². The van der Waals surface area contributed by atoms with Crippen molar-refractivity contribution in [1.29, 1.82) is 10.5 Å². The zero-order chi connectivity index (χ0) is 44.1. The van der Waals surface area contributed by atoms with E-state index in [1.165, 1.54) is 0 Å². The molecule has 0 aliphatic rings. The number of halogens is 2. The van der Waals surface area contributed by atoms with Crippen molar-refractivity contribution in [2.45, 2.75) is 125 Å². The van der Waals surface area contributed by atoms with Crippen LogP contribution in [0.15, 0.2) is 42.5 Å². The van der Waals surface area contributed by atoms with Crippen LogP contribution < -0.4 is 14.2 Å². The molecule has 0 amide bonds. The molecule has 0 bridgehead atoms. The lowest BCUT2D eigenvalue weighted by Crippen LogP contribution is -2.23. The van der Waals surface area contributed by atoms with Crippen LogP contribution in [0.2, 0.25) is 10.0 Å². The quantitative estimate of drug-likeness (QED) is 0.178. The molecule has 0 radical (unpaired) electrons. The topological polar surface area (TPSA) is 155 Å². The van der Waals surface area contributed by atoms with Crippen molar-refractivity contribution in [1.82, 2.24) is 9.97 Å². The highest BCUT2D eigenvalue weighted by atomic mass is 35.5. The second kappa shape index (κ2) is 18.3. The van der Waals surface area contributed by atoms with E-state index in [4.69, 9.17) is 37.4 Å².